The first-order chi connectivity index (χ1) is 21.3. The molecule has 0 radical (unpaired) electrons. The standard InChI is InChI=1S/C37H41ClN2O4/c1-25-34(23-40-19-17-37(42,18-20-40)32-13-15-33(38)16-14-32)43-36(44-35(25)29-7-5-26(24-41)6-8-29)30-11-9-28(10-12-30)31-4-2-3-27(21-31)22-39/h2-16,21,25,34-36,41-42H,17-20,22-24,39H2,1H3/t25-,34+,35+,36+/m0/s1. The molecule has 230 valence electrons. The van der Waals surface area contributed by atoms with Crippen molar-refractivity contribution < 1.29 is 19.7 Å². The number of nitrogens with zero attached hydrogens (tertiary/aromatic N) is 1. The zero-order chi connectivity index (χ0) is 30.7. The quantitative estimate of drug-likeness (QED) is 0.204. The van der Waals surface area contributed by atoms with Gasteiger partial charge in [0.25, 0.3) is 0 Å². The number of halogens is 1. The summed E-state index contributed by atoms with van der Waals surface area (Å²) >= 11 is 6.09. The van der Waals surface area contributed by atoms with Gasteiger partial charge in [0.15, 0.2) is 6.29 Å². The summed E-state index contributed by atoms with van der Waals surface area (Å²) in [5.41, 5.74) is 12.2. The smallest absolute Gasteiger partial charge is 0.184 e. The van der Waals surface area contributed by atoms with Gasteiger partial charge in [0.05, 0.1) is 24.4 Å². The van der Waals surface area contributed by atoms with E-state index in [1.165, 1.54) is 0 Å². The van der Waals surface area contributed by atoms with E-state index in [4.69, 9.17) is 26.8 Å². The Labute approximate surface area is 265 Å². The van der Waals surface area contributed by atoms with Crippen LogP contribution in [0.1, 0.15) is 60.0 Å². The van der Waals surface area contributed by atoms with Gasteiger partial charge in [0, 0.05) is 42.7 Å². The summed E-state index contributed by atoms with van der Waals surface area (Å²) < 4.78 is 13.4. The molecule has 7 heteroatoms. The summed E-state index contributed by atoms with van der Waals surface area (Å²) in [6.45, 7) is 4.98. The van der Waals surface area contributed by atoms with Crippen molar-refractivity contribution in [2.75, 3.05) is 19.6 Å². The summed E-state index contributed by atoms with van der Waals surface area (Å²) in [7, 11) is 0. The van der Waals surface area contributed by atoms with Gasteiger partial charge < -0.3 is 30.3 Å². The lowest BCUT2D eigenvalue weighted by Crippen LogP contribution is -2.49. The summed E-state index contributed by atoms with van der Waals surface area (Å²) in [5.74, 6) is 0.0848. The molecule has 2 heterocycles. The molecule has 6 rings (SSSR count). The number of benzene rings is 4. The van der Waals surface area contributed by atoms with E-state index in [9.17, 15) is 10.2 Å². The molecule has 4 aromatic carbocycles. The molecule has 4 atom stereocenters. The summed E-state index contributed by atoms with van der Waals surface area (Å²) in [6, 6.07) is 32.2. The van der Waals surface area contributed by atoms with Gasteiger partial charge in [-0.05, 0) is 64.4 Å². The van der Waals surface area contributed by atoms with Crippen LogP contribution in [0.2, 0.25) is 5.02 Å². The second-order valence-corrected chi connectivity index (χ2v) is 12.6. The number of aliphatic hydroxyl groups is 2. The van der Waals surface area contributed by atoms with Crippen molar-refractivity contribution in [2.24, 2.45) is 11.7 Å². The monoisotopic (exact) mass is 612 g/mol. The predicted octanol–water partition coefficient (Wildman–Crippen LogP) is 6.73. The van der Waals surface area contributed by atoms with Crippen LogP contribution in [-0.4, -0.2) is 40.9 Å². The van der Waals surface area contributed by atoms with Crippen LogP contribution in [0.25, 0.3) is 11.1 Å². The van der Waals surface area contributed by atoms with Gasteiger partial charge in [-0.3, -0.25) is 0 Å². The number of ether oxygens (including phenoxy) is 2. The van der Waals surface area contributed by atoms with Gasteiger partial charge in [0.1, 0.15) is 0 Å². The molecule has 0 aromatic heterocycles. The van der Waals surface area contributed by atoms with Gasteiger partial charge in [0.2, 0.25) is 0 Å². The summed E-state index contributed by atoms with van der Waals surface area (Å²) in [4.78, 5) is 2.40. The van der Waals surface area contributed by atoms with Gasteiger partial charge >= 0.3 is 0 Å². The Morgan fingerprint density at radius 2 is 1.52 bits per heavy atom. The number of rotatable bonds is 8. The Hall–Kier alpha value is -3.07. The van der Waals surface area contributed by atoms with Gasteiger partial charge in [-0.1, -0.05) is 97.4 Å². The van der Waals surface area contributed by atoms with Crippen LogP contribution in [0.3, 0.4) is 0 Å². The molecule has 0 amide bonds. The van der Waals surface area contributed by atoms with Crippen molar-refractivity contribution in [1.29, 1.82) is 0 Å². The first-order valence-electron chi connectivity index (χ1n) is 15.5. The lowest BCUT2D eigenvalue weighted by Gasteiger charge is -2.45. The minimum absolute atomic E-state index is 0.00752. The molecule has 2 fully saturated rings. The minimum Gasteiger partial charge on any atom is -0.392 e. The average molecular weight is 613 g/mol. The Kier molecular flexibility index (Phi) is 9.50. The lowest BCUT2D eigenvalue weighted by atomic mass is 9.84. The highest BCUT2D eigenvalue weighted by molar-refractivity contribution is 6.30. The molecule has 4 aromatic rings. The first kappa shape index (κ1) is 30.9. The van der Waals surface area contributed by atoms with Crippen molar-refractivity contribution >= 4 is 11.6 Å². The van der Waals surface area contributed by atoms with E-state index in [0.29, 0.717) is 24.4 Å². The van der Waals surface area contributed by atoms with Crippen LogP contribution >= 0.6 is 11.6 Å². The highest BCUT2D eigenvalue weighted by Gasteiger charge is 2.41. The van der Waals surface area contributed by atoms with Gasteiger partial charge in [-0.2, -0.15) is 0 Å². The molecular formula is C37H41ClN2O4. The van der Waals surface area contributed by atoms with Crippen molar-refractivity contribution in [3.05, 3.63) is 130 Å². The number of piperidine rings is 1. The molecule has 0 spiro atoms. The van der Waals surface area contributed by atoms with Crippen LogP contribution in [0.4, 0.5) is 0 Å². The van der Waals surface area contributed by atoms with E-state index in [2.05, 4.69) is 48.2 Å². The molecule has 2 saturated heterocycles. The fourth-order valence-electron chi connectivity index (χ4n) is 6.45. The molecule has 0 aliphatic carbocycles. The zero-order valence-electron chi connectivity index (χ0n) is 25.1. The van der Waals surface area contributed by atoms with E-state index < -0.39 is 11.9 Å². The van der Waals surface area contributed by atoms with E-state index in [1.807, 2.05) is 60.7 Å². The number of hydrogen-bond donors (Lipinski definition) is 3. The number of nitrogens with two attached hydrogens (primary N) is 1. The molecule has 2 aliphatic heterocycles. The molecule has 0 saturated carbocycles. The van der Waals surface area contributed by atoms with E-state index in [1.54, 1.807) is 0 Å². The van der Waals surface area contributed by atoms with Crippen LogP contribution in [-0.2, 0) is 28.2 Å². The Morgan fingerprint density at radius 1 is 0.841 bits per heavy atom. The SMILES string of the molecule is C[C@H]1[C@@H](CN2CCC(O)(c3ccc(Cl)cc3)CC2)O[C@@H](c2ccc(-c3cccc(CN)c3)cc2)O[C@H]1c1ccc(CO)cc1. The normalized spacial score (nSPS) is 23.8. The highest BCUT2D eigenvalue weighted by Crippen LogP contribution is 2.43. The molecule has 4 N–H and O–H groups in total. The van der Waals surface area contributed by atoms with E-state index in [0.717, 1.165) is 58.6 Å². The lowest BCUT2D eigenvalue weighted by molar-refractivity contribution is -0.277. The number of hydrogen-bond acceptors (Lipinski definition) is 6. The third-order valence-electron chi connectivity index (χ3n) is 9.31. The summed E-state index contributed by atoms with van der Waals surface area (Å²) in [6.07, 6.45) is 0.504. The second kappa shape index (κ2) is 13.5. The third-order valence-corrected chi connectivity index (χ3v) is 9.56. The van der Waals surface area contributed by atoms with Gasteiger partial charge in [-0.15, -0.1) is 0 Å². The maximum Gasteiger partial charge on any atom is 0.184 e. The van der Waals surface area contributed by atoms with Crippen LogP contribution in [0.15, 0.2) is 97.1 Å². The van der Waals surface area contributed by atoms with Crippen molar-refractivity contribution in [1.82, 2.24) is 4.90 Å². The molecule has 2 aliphatic rings. The Morgan fingerprint density at radius 3 is 2.18 bits per heavy atom. The zero-order valence-corrected chi connectivity index (χ0v) is 25.9. The highest BCUT2D eigenvalue weighted by atomic mass is 35.5. The maximum absolute atomic E-state index is 11.4. The van der Waals surface area contributed by atoms with Crippen molar-refractivity contribution in [3.63, 3.8) is 0 Å². The molecule has 0 unspecified atom stereocenters. The predicted molar refractivity (Wildman–Crippen MR) is 174 cm³/mol. The maximum atomic E-state index is 11.4. The molecular weight excluding hydrogens is 572 g/mol. The van der Waals surface area contributed by atoms with Gasteiger partial charge in [-0.25, -0.2) is 0 Å². The second-order valence-electron chi connectivity index (χ2n) is 12.2. The number of likely N-dealkylation sites (tertiary alicyclic amines) is 1. The fourth-order valence-corrected chi connectivity index (χ4v) is 6.57. The topological polar surface area (TPSA) is 88.2 Å². The molecule has 6 nitrogen and oxygen atoms in total. The Bertz CT molecular complexity index is 1520. The van der Waals surface area contributed by atoms with Crippen LogP contribution < -0.4 is 5.73 Å². The molecule has 0 bridgehead atoms. The van der Waals surface area contributed by atoms with Crippen LogP contribution in [0, 0.1) is 5.92 Å². The fraction of sp³-hybridized carbons (Fsp3) is 0.351. The average Bonchev–Trinajstić information content (AvgIpc) is 3.07. The Balaban J connectivity index is 1.20. The minimum atomic E-state index is -0.853. The summed E-state index contributed by atoms with van der Waals surface area (Å²) in [5, 5.41) is 21.7. The van der Waals surface area contributed by atoms with Crippen LogP contribution in [0.5, 0.6) is 0 Å². The molecule has 44 heavy (non-hydrogen) atoms. The third kappa shape index (κ3) is 6.77. The van der Waals surface area contributed by atoms with Crippen molar-refractivity contribution in [2.45, 2.75) is 57.0 Å². The van der Waals surface area contributed by atoms with E-state index >= 15 is 0 Å². The largest absolute Gasteiger partial charge is 0.392 e. The van der Waals surface area contributed by atoms with E-state index in [-0.39, 0.29) is 24.7 Å². The number of aliphatic hydroxyl groups excluding tert-OH is 1. The van der Waals surface area contributed by atoms with Crippen molar-refractivity contribution in [3.8, 4) is 11.1 Å². The first-order valence-corrected chi connectivity index (χ1v) is 15.8.